The molecule has 5 aromatic rings. The molecule has 0 amide bonds. The molecule has 0 aliphatic rings. The average Bonchev–Trinajstić information content (AvgIpc) is 3.33. The summed E-state index contributed by atoms with van der Waals surface area (Å²) in [7, 11) is 1.88. The van der Waals surface area contributed by atoms with Gasteiger partial charge in [0.2, 0.25) is 0 Å². The highest BCUT2D eigenvalue weighted by Gasteiger charge is 2.20. The Bertz CT molecular complexity index is 1340. The van der Waals surface area contributed by atoms with Gasteiger partial charge in [0.1, 0.15) is 10.5 Å². The summed E-state index contributed by atoms with van der Waals surface area (Å²) in [5.74, 6) is 0.472. The van der Waals surface area contributed by atoms with Crippen molar-refractivity contribution in [3.8, 4) is 33.1 Å². The number of H-pyrrole nitrogens is 1. The van der Waals surface area contributed by atoms with Gasteiger partial charge < -0.3 is 9.55 Å². The molecule has 0 bridgehead atoms. The van der Waals surface area contributed by atoms with Crippen LogP contribution in [0.25, 0.3) is 43.3 Å². The number of fused-ring (bicyclic) bond motifs is 1. The number of hydrogen-bond donors (Lipinski definition) is 1. The molecular formula is C21H15N5OS. The average molecular weight is 385 g/mol. The van der Waals surface area contributed by atoms with Gasteiger partial charge in [0.25, 0.3) is 5.56 Å². The van der Waals surface area contributed by atoms with Crippen molar-refractivity contribution in [2.75, 3.05) is 0 Å². The summed E-state index contributed by atoms with van der Waals surface area (Å²) in [6, 6.07) is 13.8. The molecule has 28 heavy (non-hydrogen) atoms. The standard InChI is InChI=1S/C21H15N5OS/c1-26-11-15(23-12-26)19-24-20(27)17-16(13-5-3-2-4-6-13)18(28-21(17)25-19)14-7-9-22-10-8-14/h2-12H,1H3,(H,24,25,27). The molecule has 136 valence electrons. The Morgan fingerprint density at radius 1 is 1.04 bits per heavy atom. The van der Waals surface area contributed by atoms with Crippen LogP contribution in [0.3, 0.4) is 0 Å². The van der Waals surface area contributed by atoms with Crippen molar-refractivity contribution >= 4 is 21.6 Å². The van der Waals surface area contributed by atoms with Crippen molar-refractivity contribution in [2.45, 2.75) is 0 Å². The van der Waals surface area contributed by atoms with Gasteiger partial charge in [-0.25, -0.2) is 9.97 Å². The first-order valence-corrected chi connectivity index (χ1v) is 9.53. The van der Waals surface area contributed by atoms with Crippen LogP contribution >= 0.6 is 11.3 Å². The lowest BCUT2D eigenvalue weighted by atomic mass is 10.0. The number of pyridine rings is 1. The summed E-state index contributed by atoms with van der Waals surface area (Å²) in [5, 5.41) is 0.600. The molecule has 0 saturated carbocycles. The highest BCUT2D eigenvalue weighted by molar-refractivity contribution is 7.22. The van der Waals surface area contributed by atoms with Gasteiger partial charge in [-0.3, -0.25) is 9.78 Å². The maximum atomic E-state index is 13.1. The Labute approximate surface area is 164 Å². The second kappa shape index (κ2) is 6.54. The minimum Gasteiger partial charge on any atom is -0.340 e. The fourth-order valence-electron chi connectivity index (χ4n) is 3.25. The van der Waals surface area contributed by atoms with E-state index in [1.807, 2.05) is 60.3 Å². The number of rotatable bonds is 3. The first-order chi connectivity index (χ1) is 13.7. The van der Waals surface area contributed by atoms with E-state index in [2.05, 4.69) is 15.0 Å². The lowest BCUT2D eigenvalue weighted by Gasteiger charge is -2.05. The predicted molar refractivity (Wildman–Crippen MR) is 111 cm³/mol. The summed E-state index contributed by atoms with van der Waals surface area (Å²) in [4.78, 5) is 30.8. The lowest BCUT2D eigenvalue weighted by Crippen LogP contribution is -2.09. The van der Waals surface area contributed by atoms with Crippen molar-refractivity contribution < 1.29 is 0 Å². The minimum atomic E-state index is -0.166. The molecule has 4 heterocycles. The van der Waals surface area contributed by atoms with E-state index in [4.69, 9.17) is 4.98 Å². The molecule has 7 heteroatoms. The van der Waals surface area contributed by atoms with Crippen molar-refractivity contribution in [3.63, 3.8) is 0 Å². The number of nitrogens with zero attached hydrogens (tertiary/aromatic N) is 4. The van der Waals surface area contributed by atoms with Crippen LogP contribution in [0.4, 0.5) is 0 Å². The second-order valence-electron chi connectivity index (χ2n) is 6.43. The molecule has 0 saturated heterocycles. The number of aromatic nitrogens is 5. The van der Waals surface area contributed by atoms with Gasteiger partial charge in [-0.1, -0.05) is 30.3 Å². The maximum absolute atomic E-state index is 13.1. The molecular weight excluding hydrogens is 370 g/mol. The maximum Gasteiger partial charge on any atom is 0.260 e. The van der Waals surface area contributed by atoms with Gasteiger partial charge >= 0.3 is 0 Å². The van der Waals surface area contributed by atoms with E-state index >= 15 is 0 Å². The van der Waals surface area contributed by atoms with E-state index < -0.39 is 0 Å². The number of hydrogen-bond acceptors (Lipinski definition) is 5. The molecule has 5 rings (SSSR count). The molecule has 1 N–H and O–H groups in total. The number of benzene rings is 1. The summed E-state index contributed by atoms with van der Waals surface area (Å²) in [5.41, 5.74) is 3.37. The van der Waals surface area contributed by atoms with Crippen LogP contribution < -0.4 is 5.56 Å². The first-order valence-electron chi connectivity index (χ1n) is 8.71. The van der Waals surface area contributed by atoms with E-state index in [0.717, 1.165) is 21.6 Å². The third-order valence-electron chi connectivity index (χ3n) is 4.51. The minimum absolute atomic E-state index is 0.166. The Balaban J connectivity index is 1.83. The molecule has 0 radical (unpaired) electrons. The van der Waals surface area contributed by atoms with Crippen LogP contribution in [0.15, 0.2) is 72.2 Å². The summed E-state index contributed by atoms with van der Waals surface area (Å²) in [6.07, 6.45) is 7.03. The van der Waals surface area contributed by atoms with Gasteiger partial charge in [0, 0.05) is 36.1 Å². The number of imidazole rings is 1. The van der Waals surface area contributed by atoms with E-state index in [1.54, 1.807) is 18.7 Å². The van der Waals surface area contributed by atoms with E-state index in [0.29, 0.717) is 21.7 Å². The van der Waals surface area contributed by atoms with Gasteiger partial charge in [0.05, 0.1) is 11.7 Å². The fourth-order valence-corrected chi connectivity index (χ4v) is 4.45. The number of aryl methyl sites for hydroxylation is 1. The first kappa shape index (κ1) is 16.6. The van der Waals surface area contributed by atoms with Crippen molar-refractivity contribution in [3.05, 3.63) is 77.7 Å². The molecule has 4 aromatic heterocycles. The SMILES string of the molecule is Cn1cnc(-c2nc3sc(-c4ccncc4)c(-c4ccccc4)c3c(=O)[nH]2)c1. The zero-order valence-corrected chi connectivity index (χ0v) is 15.8. The number of aromatic amines is 1. The fraction of sp³-hybridized carbons (Fsp3) is 0.0476. The normalized spacial score (nSPS) is 11.2. The monoisotopic (exact) mass is 385 g/mol. The number of thiophene rings is 1. The molecule has 0 unspecified atom stereocenters. The summed E-state index contributed by atoms with van der Waals surface area (Å²) in [6.45, 7) is 0. The highest BCUT2D eigenvalue weighted by atomic mass is 32.1. The quantitative estimate of drug-likeness (QED) is 0.507. The van der Waals surface area contributed by atoms with Crippen molar-refractivity contribution in [2.24, 2.45) is 7.05 Å². The molecule has 0 atom stereocenters. The Hall–Kier alpha value is -3.58. The van der Waals surface area contributed by atoms with Crippen molar-refractivity contribution in [1.82, 2.24) is 24.5 Å². The van der Waals surface area contributed by atoms with Crippen LogP contribution in [0, 0.1) is 0 Å². The third kappa shape index (κ3) is 2.73. The smallest absolute Gasteiger partial charge is 0.260 e. The molecule has 0 aliphatic carbocycles. The molecule has 0 fully saturated rings. The Morgan fingerprint density at radius 3 is 2.54 bits per heavy atom. The van der Waals surface area contributed by atoms with Gasteiger partial charge in [-0.2, -0.15) is 0 Å². The lowest BCUT2D eigenvalue weighted by molar-refractivity contribution is 0.913. The summed E-state index contributed by atoms with van der Waals surface area (Å²) < 4.78 is 1.83. The van der Waals surface area contributed by atoms with Crippen LogP contribution in [0.1, 0.15) is 0 Å². The zero-order valence-electron chi connectivity index (χ0n) is 15.0. The van der Waals surface area contributed by atoms with E-state index in [1.165, 1.54) is 11.3 Å². The van der Waals surface area contributed by atoms with E-state index in [9.17, 15) is 4.79 Å². The number of nitrogens with one attached hydrogen (secondary N) is 1. The van der Waals surface area contributed by atoms with Gasteiger partial charge in [-0.05, 0) is 23.3 Å². The molecule has 1 aromatic carbocycles. The highest BCUT2D eigenvalue weighted by Crippen LogP contribution is 2.42. The summed E-state index contributed by atoms with van der Waals surface area (Å²) >= 11 is 1.51. The largest absolute Gasteiger partial charge is 0.340 e. The predicted octanol–water partition coefficient (Wildman–Crippen LogP) is 4.11. The molecule has 0 spiro atoms. The van der Waals surface area contributed by atoms with Crippen LogP contribution in [-0.4, -0.2) is 24.5 Å². The molecule has 6 nitrogen and oxygen atoms in total. The third-order valence-corrected chi connectivity index (χ3v) is 5.65. The Morgan fingerprint density at radius 2 is 1.82 bits per heavy atom. The zero-order chi connectivity index (χ0) is 19.1. The van der Waals surface area contributed by atoms with Gasteiger partial charge in [0.15, 0.2) is 5.82 Å². The van der Waals surface area contributed by atoms with E-state index in [-0.39, 0.29) is 5.56 Å². The Kier molecular flexibility index (Phi) is 3.87. The van der Waals surface area contributed by atoms with Gasteiger partial charge in [-0.15, -0.1) is 11.3 Å². The van der Waals surface area contributed by atoms with Crippen molar-refractivity contribution in [1.29, 1.82) is 0 Å². The molecule has 0 aliphatic heterocycles. The van der Waals surface area contributed by atoms with Crippen LogP contribution in [0.2, 0.25) is 0 Å². The topological polar surface area (TPSA) is 76.5 Å². The second-order valence-corrected chi connectivity index (χ2v) is 7.43. The van der Waals surface area contributed by atoms with Crippen LogP contribution in [0.5, 0.6) is 0 Å². The van der Waals surface area contributed by atoms with Crippen LogP contribution in [-0.2, 0) is 7.05 Å².